The van der Waals surface area contributed by atoms with Gasteiger partial charge in [-0.05, 0) is 17.7 Å². The summed E-state index contributed by atoms with van der Waals surface area (Å²) in [6.45, 7) is 0. The largest absolute Gasteiger partial charge is 0.480 e. The lowest BCUT2D eigenvalue weighted by Gasteiger charge is -2.06. The van der Waals surface area contributed by atoms with Gasteiger partial charge < -0.3 is 10.8 Å². The number of hydrogen-bond acceptors (Lipinski definition) is 2. The molecule has 0 aliphatic rings. The maximum Gasteiger partial charge on any atom is 0.325 e. The molecule has 0 amide bonds. The molecule has 3 nitrogen and oxygen atoms in total. The fourth-order valence-electron chi connectivity index (χ4n) is 0.964. The molecule has 0 spiro atoms. The van der Waals surface area contributed by atoms with Crippen LogP contribution in [0.3, 0.4) is 0 Å². The number of nitrogens with two attached hydrogens (primary N) is 1. The van der Waals surface area contributed by atoms with Gasteiger partial charge in [0.1, 0.15) is 6.04 Å². The van der Waals surface area contributed by atoms with E-state index in [1.807, 2.05) is 0 Å². The number of rotatable bonds is 2. The first-order chi connectivity index (χ1) is 6.15. The average molecular weight is 175 g/mol. The van der Waals surface area contributed by atoms with Crippen LogP contribution in [0.1, 0.15) is 17.2 Å². The van der Waals surface area contributed by atoms with Crippen LogP contribution >= 0.6 is 0 Å². The zero-order valence-corrected chi connectivity index (χ0v) is 6.90. The van der Waals surface area contributed by atoms with Crippen LogP contribution in [0, 0.1) is 12.3 Å². The quantitative estimate of drug-likeness (QED) is 0.652. The summed E-state index contributed by atoms with van der Waals surface area (Å²) in [6.07, 6.45) is 5.16. The van der Waals surface area contributed by atoms with E-state index in [2.05, 4.69) is 5.92 Å². The Bertz CT molecular complexity index is 365. The summed E-state index contributed by atoms with van der Waals surface area (Å²) in [5.41, 5.74) is 6.54. The molecular weight excluding hydrogens is 166 g/mol. The van der Waals surface area contributed by atoms with Crippen LogP contribution in [0.5, 0.6) is 0 Å². The average Bonchev–Trinajstić information content (AvgIpc) is 2.16. The topological polar surface area (TPSA) is 63.3 Å². The third kappa shape index (κ3) is 2.08. The minimum Gasteiger partial charge on any atom is -0.480 e. The van der Waals surface area contributed by atoms with E-state index in [4.69, 9.17) is 17.3 Å². The van der Waals surface area contributed by atoms with Crippen LogP contribution < -0.4 is 5.73 Å². The zero-order valence-electron chi connectivity index (χ0n) is 6.90. The maximum absolute atomic E-state index is 10.5. The lowest BCUT2D eigenvalue weighted by Crippen LogP contribution is -2.20. The molecule has 3 heteroatoms. The molecule has 1 aromatic rings. The van der Waals surface area contributed by atoms with E-state index in [0.717, 1.165) is 0 Å². The zero-order chi connectivity index (χ0) is 9.84. The van der Waals surface area contributed by atoms with Gasteiger partial charge in [-0.25, -0.2) is 0 Å². The van der Waals surface area contributed by atoms with Gasteiger partial charge >= 0.3 is 5.97 Å². The number of carboxylic acid groups (broad SMARTS) is 1. The number of carbonyl (C=O) groups is 1. The van der Waals surface area contributed by atoms with E-state index in [9.17, 15) is 4.79 Å². The standard InChI is InChI=1S/C10H9NO2/c1-2-7-4-3-5-8(6-7)9(11)10(12)13/h1,3-6,9H,11H2,(H,12,13)/t9-/m1/s1. The summed E-state index contributed by atoms with van der Waals surface area (Å²) < 4.78 is 0. The molecule has 1 aromatic carbocycles. The molecule has 0 saturated carbocycles. The molecule has 0 heterocycles. The van der Waals surface area contributed by atoms with Crippen LogP contribution in [0.2, 0.25) is 0 Å². The third-order valence-corrected chi connectivity index (χ3v) is 1.68. The Kier molecular flexibility index (Phi) is 2.68. The normalized spacial score (nSPS) is 11.7. The highest BCUT2D eigenvalue weighted by Crippen LogP contribution is 2.11. The number of terminal acetylenes is 1. The Morgan fingerprint density at radius 2 is 2.31 bits per heavy atom. The second kappa shape index (κ2) is 3.74. The van der Waals surface area contributed by atoms with E-state index in [1.165, 1.54) is 0 Å². The molecular formula is C10H9NO2. The molecule has 66 valence electrons. The fourth-order valence-corrected chi connectivity index (χ4v) is 0.964. The molecule has 0 aliphatic carbocycles. The van der Waals surface area contributed by atoms with Gasteiger partial charge in [0.05, 0.1) is 0 Å². The van der Waals surface area contributed by atoms with Crippen LogP contribution in [0.15, 0.2) is 24.3 Å². The SMILES string of the molecule is C#Cc1cccc([C@@H](N)C(=O)O)c1. The second-order valence-corrected chi connectivity index (χ2v) is 2.59. The summed E-state index contributed by atoms with van der Waals surface area (Å²) in [6, 6.07) is 5.64. The summed E-state index contributed by atoms with van der Waals surface area (Å²) in [4.78, 5) is 10.5. The van der Waals surface area contributed by atoms with Gasteiger partial charge in [-0.2, -0.15) is 0 Å². The van der Waals surface area contributed by atoms with Crippen molar-refractivity contribution in [3.05, 3.63) is 35.4 Å². The van der Waals surface area contributed by atoms with Gasteiger partial charge in [-0.15, -0.1) is 6.42 Å². The number of hydrogen-bond donors (Lipinski definition) is 2. The molecule has 0 bridgehead atoms. The summed E-state index contributed by atoms with van der Waals surface area (Å²) in [7, 11) is 0. The van der Waals surface area contributed by atoms with Crippen molar-refractivity contribution < 1.29 is 9.90 Å². The third-order valence-electron chi connectivity index (χ3n) is 1.68. The van der Waals surface area contributed by atoms with Crippen molar-refractivity contribution in [2.75, 3.05) is 0 Å². The van der Waals surface area contributed by atoms with Crippen molar-refractivity contribution in [1.29, 1.82) is 0 Å². The number of carboxylic acids is 1. The predicted octanol–water partition coefficient (Wildman–Crippen LogP) is 0.752. The molecule has 0 fully saturated rings. The van der Waals surface area contributed by atoms with Crippen molar-refractivity contribution in [3.63, 3.8) is 0 Å². The van der Waals surface area contributed by atoms with E-state index in [0.29, 0.717) is 11.1 Å². The van der Waals surface area contributed by atoms with Crippen molar-refractivity contribution >= 4 is 5.97 Å². The van der Waals surface area contributed by atoms with Crippen molar-refractivity contribution in [3.8, 4) is 12.3 Å². The first-order valence-corrected chi connectivity index (χ1v) is 3.70. The Hall–Kier alpha value is -1.79. The van der Waals surface area contributed by atoms with Crippen LogP contribution in [-0.4, -0.2) is 11.1 Å². The highest BCUT2D eigenvalue weighted by Gasteiger charge is 2.13. The molecule has 13 heavy (non-hydrogen) atoms. The Balaban J connectivity index is 3.03. The highest BCUT2D eigenvalue weighted by molar-refractivity contribution is 5.75. The number of benzene rings is 1. The van der Waals surface area contributed by atoms with Gasteiger partial charge in [0.2, 0.25) is 0 Å². The van der Waals surface area contributed by atoms with Crippen molar-refractivity contribution in [2.45, 2.75) is 6.04 Å². The Labute approximate surface area is 76.2 Å². The second-order valence-electron chi connectivity index (χ2n) is 2.59. The minimum absolute atomic E-state index is 0.517. The van der Waals surface area contributed by atoms with Crippen LogP contribution in [0.4, 0.5) is 0 Å². The van der Waals surface area contributed by atoms with Gasteiger partial charge in [0, 0.05) is 5.56 Å². The van der Waals surface area contributed by atoms with Gasteiger partial charge in [-0.3, -0.25) is 4.79 Å². The highest BCUT2D eigenvalue weighted by atomic mass is 16.4. The lowest BCUT2D eigenvalue weighted by atomic mass is 10.1. The molecule has 0 radical (unpaired) electrons. The Morgan fingerprint density at radius 3 is 2.85 bits per heavy atom. The van der Waals surface area contributed by atoms with Gasteiger partial charge in [0.15, 0.2) is 0 Å². The first-order valence-electron chi connectivity index (χ1n) is 3.70. The molecule has 3 N–H and O–H groups in total. The Morgan fingerprint density at radius 1 is 1.62 bits per heavy atom. The smallest absolute Gasteiger partial charge is 0.325 e. The molecule has 0 aromatic heterocycles. The monoisotopic (exact) mass is 175 g/mol. The molecule has 1 rings (SSSR count). The number of aliphatic carboxylic acids is 1. The molecule has 0 aliphatic heterocycles. The molecule has 0 unspecified atom stereocenters. The maximum atomic E-state index is 10.5. The van der Waals surface area contributed by atoms with Crippen LogP contribution in [0.25, 0.3) is 0 Å². The van der Waals surface area contributed by atoms with E-state index in [-0.39, 0.29) is 0 Å². The van der Waals surface area contributed by atoms with Crippen molar-refractivity contribution in [2.24, 2.45) is 5.73 Å². The molecule has 1 atom stereocenters. The van der Waals surface area contributed by atoms with Crippen LogP contribution in [-0.2, 0) is 4.79 Å². The molecule has 0 saturated heterocycles. The minimum atomic E-state index is -1.06. The van der Waals surface area contributed by atoms with E-state index < -0.39 is 12.0 Å². The summed E-state index contributed by atoms with van der Waals surface area (Å²) >= 11 is 0. The van der Waals surface area contributed by atoms with E-state index >= 15 is 0 Å². The lowest BCUT2D eigenvalue weighted by molar-refractivity contribution is -0.138. The first kappa shape index (κ1) is 9.30. The predicted molar refractivity (Wildman–Crippen MR) is 48.9 cm³/mol. The summed E-state index contributed by atoms with van der Waals surface area (Å²) in [5.74, 6) is 1.35. The van der Waals surface area contributed by atoms with E-state index in [1.54, 1.807) is 24.3 Å². The fraction of sp³-hybridized carbons (Fsp3) is 0.100. The summed E-state index contributed by atoms with van der Waals surface area (Å²) in [5, 5.41) is 8.62. The van der Waals surface area contributed by atoms with Gasteiger partial charge in [-0.1, -0.05) is 18.1 Å². The van der Waals surface area contributed by atoms with Crippen molar-refractivity contribution in [1.82, 2.24) is 0 Å². The van der Waals surface area contributed by atoms with Gasteiger partial charge in [0.25, 0.3) is 0 Å².